The number of nitrogens with two attached hydrogens (primary N) is 1. The lowest BCUT2D eigenvalue weighted by molar-refractivity contribution is 0.128. The van der Waals surface area contributed by atoms with Crippen LogP contribution in [0.25, 0.3) is 0 Å². The molecule has 1 unspecified atom stereocenters. The highest BCUT2D eigenvalue weighted by atomic mass is 16.6. The molecule has 1 saturated carbocycles. The predicted octanol–water partition coefficient (Wildman–Crippen LogP) is 4.35. The Kier molecular flexibility index (Phi) is 6.63. The van der Waals surface area contributed by atoms with Crippen molar-refractivity contribution >= 4 is 5.71 Å². The average molecular weight is 423 g/mol. The fourth-order valence-electron chi connectivity index (χ4n) is 4.98. The summed E-state index contributed by atoms with van der Waals surface area (Å²) < 4.78 is 5.19. The highest BCUT2D eigenvalue weighted by Crippen LogP contribution is 2.40. The van der Waals surface area contributed by atoms with Crippen LogP contribution in [0.4, 0.5) is 0 Å². The van der Waals surface area contributed by atoms with Gasteiger partial charge in [0, 0.05) is 11.5 Å². The molecule has 0 bridgehead atoms. The summed E-state index contributed by atoms with van der Waals surface area (Å²) in [5.41, 5.74) is 12.3. The van der Waals surface area contributed by atoms with Crippen molar-refractivity contribution in [3.63, 3.8) is 0 Å². The summed E-state index contributed by atoms with van der Waals surface area (Å²) in [5, 5.41) is 14.0. The molecule has 166 valence electrons. The molecule has 1 fully saturated rings. The summed E-state index contributed by atoms with van der Waals surface area (Å²) in [6.45, 7) is 2.62. The van der Waals surface area contributed by atoms with Crippen molar-refractivity contribution in [3.05, 3.63) is 64.7 Å². The van der Waals surface area contributed by atoms with E-state index in [0.717, 1.165) is 55.5 Å². The number of hydrogen-bond donors (Lipinski definition) is 2. The fraction of sp³-hybridized carbons (Fsp3) is 0.500. The summed E-state index contributed by atoms with van der Waals surface area (Å²) in [5.74, 6) is 1.73. The summed E-state index contributed by atoms with van der Waals surface area (Å²) in [6, 6.07) is 14.8. The molecule has 3 atom stereocenters. The number of aliphatic hydroxyl groups excluding tert-OH is 1. The number of oxime groups is 1. The molecule has 0 aromatic heterocycles. The van der Waals surface area contributed by atoms with Crippen molar-refractivity contribution in [3.8, 4) is 5.75 Å². The molecule has 0 aliphatic heterocycles. The van der Waals surface area contributed by atoms with Crippen LogP contribution in [0.3, 0.4) is 0 Å². The van der Waals surface area contributed by atoms with E-state index in [1.807, 2.05) is 24.3 Å². The lowest BCUT2D eigenvalue weighted by atomic mass is 9.80. The molecule has 31 heavy (non-hydrogen) atoms. The third-order valence-corrected chi connectivity index (χ3v) is 7.08. The quantitative estimate of drug-likeness (QED) is 0.514. The van der Waals surface area contributed by atoms with Crippen molar-refractivity contribution in [2.24, 2.45) is 16.8 Å². The Morgan fingerprint density at radius 2 is 1.97 bits per heavy atom. The van der Waals surface area contributed by atoms with Gasteiger partial charge in [-0.1, -0.05) is 35.5 Å². The Bertz CT molecular complexity index is 925. The normalized spacial score (nSPS) is 25.9. The van der Waals surface area contributed by atoms with Gasteiger partial charge in [-0.3, -0.25) is 0 Å². The molecule has 0 saturated heterocycles. The van der Waals surface area contributed by atoms with Crippen molar-refractivity contribution in [2.75, 3.05) is 13.7 Å². The number of benzene rings is 2. The van der Waals surface area contributed by atoms with Crippen LogP contribution in [0.15, 0.2) is 47.6 Å². The van der Waals surface area contributed by atoms with Gasteiger partial charge in [0.1, 0.15) is 12.4 Å². The minimum absolute atomic E-state index is 0.0786. The van der Waals surface area contributed by atoms with Crippen molar-refractivity contribution in [1.82, 2.24) is 0 Å². The van der Waals surface area contributed by atoms with E-state index in [4.69, 9.17) is 15.3 Å². The number of nitrogens with zero attached hydrogens (tertiary/aromatic N) is 1. The van der Waals surface area contributed by atoms with Gasteiger partial charge in [-0.15, -0.1) is 0 Å². The second kappa shape index (κ2) is 9.41. The molecular formula is C26H34N2O3. The second-order valence-electron chi connectivity index (χ2n) is 9.28. The Hall–Kier alpha value is -2.37. The summed E-state index contributed by atoms with van der Waals surface area (Å²) in [7, 11) is 1.67. The topological polar surface area (TPSA) is 77.1 Å². The van der Waals surface area contributed by atoms with Crippen LogP contribution in [0, 0.1) is 5.92 Å². The Balaban J connectivity index is 1.34. The zero-order valence-electron chi connectivity index (χ0n) is 18.6. The number of aliphatic hydroxyl groups is 1. The predicted molar refractivity (Wildman–Crippen MR) is 123 cm³/mol. The van der Waals surface area contributed by atoms with Crippen LogP contribution >= 0.6 is 0 Å². The standard InChI is InChI=1S/C26H34N2O3/c1-18(28-31-16-19-3-9-25(30-2)10-4-19)20-5-6-22-14-23(8-7-21(22)13-20)24-11-12-26(27,15-24)17-29/h3-4,7-10,14,20,24,29H,5-6,11-13,15-17,27H2,1-2H3/b28-18+/t20?,24-,26+/m0/s1. The first-order valence-electron chi connectivity index (χ1n) is 11.3. The Morgan fingerprint density at radius 3 is 2.68 bits per heavy atom. The molecule has 4 rings (SSSR count). The molecule has 0 heterocycles. The molecule has 0 spiro atoms. The molecule has 2 aliphatic carbocycles. The number of methoxy groups -OCH3 is 1. The van der Waals surface area contributed by atoms with Crippen LogP contribution in [0.5, 0.6) is 5.75 Å². The van der Waals surface area contributed by atoms with Crippen LogP contribution in [-0.4, -0.2) is 30.1 Å². The highest BCUT2D eigenvalue weighted by Gasteiger charge is 2.36. The van der Waals surface area contributed by atoms with Crippen LogP contribution < -0.4 is 10.5 Å². The SMILES string of the molecule is COc1ccc(CO/N=C(\C)C2CCc3cc([C@H]4CC[C@](N)(CO)C4)ccc3C2)cc1. The minimum atomic E-state index is -0.398. The van der Waals surface area contributed by atoms with Crippen molar-refractivity contribution < 1.29 is 14.7 Å². The summed E-state index contributed by atoms with van der Waals surface area (Å²) in [4.78, 5) is 5.63. The van der Waals surface area contributed by atoms with Gasteiger partial charge in [-0.25, -0.2) is 0 Å². The molecule has 3 N–H and O–H groups in total. The zero-order valence-corrected chi connectivity index (χ0v) is 18.6. The van der Waals surface area contributed by atoms with E-state index in [2.05, 4.69) is 30.3 Å². The Morgan fingerprint density at radius 1 is 1.16 bits per heavy atom. The smallest absolute Gasteiger partial charge is 0.142 e. The van der Waals surface area contributed by atoms with Gasteiger partial charge in [0.2, 0.25) is 0 Å². The van der Waals surface area contributed by atoms with E-state index in [1.54, 1.807) is 7.11 Å². The van der Waals surface area contributed by atoms with Crippen LogP contribution in [-0.2, 0) is 24.3 Å². The van der Waals surface area contributed by atoms with Gasteiger partial charge in [-0.2, -0.15) is 0 Å². The first-order valence-corrected chi connectivity index (χ1v) is 11.3. The third-order valence-electron chi connectivity index (χ3n) is 7.08. The number of aryl methyl sites for hydroxylation is 1. The van der Waals surface area contributed by atoms with Gasteiger partial charge >= 0.3 is 0 Å². The monoisotopic (exact) mass is 422 g/mol. The second-order valence-corrected chi connectivity index (χ2v) is 9.28. The van der Waals surface area contributed by atoms with E-state index in [9.17, 15) is 5.11 Å². The minimum Gasteiger partial charge on any atom is -0.497 e. The summed E-state index contributed by atoms with van der Waals surface area (Å²) >= 11 is 0. The average Bonchev–Trinajstić information content (AvgIpc) is 3.21. The zero-order chi connectivity index (χ0) is 21.8. The van der Waals surface area contributed by atoms with E-state index < -0.39 is 5.54 Å². The molecular weight excluding hydrogens is 388 g/mol. The molecule has 5 heteroatoms. The van der Waals surface area contributed by atoms with Gasteiger partial charge < -0.3 is 20.4 Å². The number of fused-ring (bicyclic) bond motifs is 1. The van der Waals surface area contributed by atoms with E-state index in [0.29, 0.717) is 18.4 Å². The molecule has 5 nitrogen and oxygen atoms in total. The number of rotatable bonds is 7. The van der Waals surface area contributed by atoms with Crippen LogP contribution in [0.2, 0.25) is 0 Å². The molecule has 2 aliphatic rings. The molecule has 0 amide bonds. The third kappa shape index (κ3) is 5.10. The van der Waals surface area contributed by atoms with E-state index >= 15 is 0 Å². The van der Waals surface area contributed by atoms with Gasteiger partial charge in [0.05, 0.1) is 19.4 Å². The lowest BCUT2D eigenvalue weighted by Gasteiger charge is -2.26. The Labute approximate surface area is 185 Å². The number of hydrogen-bond acceptors (Lipinski definition) is 5. The molecule has 2 aromatic carbocycles. The maximum Gasteiger partial charge on any atom is 0.142 e. The van der Waals surface area contributed by atoms with E-state index in [1.165, 1.54) is 16.7 Å². The van der Waals surface area contributed by atoms with E-state index in [-0.39, 0.29) is 6.61 Å². The first-order chi connectivity index (χ1) is 15.0. The highest BCUT2D eigenvalue weighted by molar-refractivity contribution is 5.84. The largest absolute Gasteiger partial charge is 0.497 e. The number of ether oxygens (including phenoxy) is 1. The van der Waals surface area contributed by atoms with Crippen LogP contribution in [0.1, 0.15) is 60.8 Å². The van der Waals surface area contributed by atoms with Gasteiger partial charge in [-0.05, 0) is 85.8 Å². The molecule has 0 radical (unpaired) electrons. The fourth-order valence-corrected chi connectivity index (χ4v) is 4.98. The maximum absolute atomic E-state index is 9.56. The maximum atomic E-state index is 9.56. The first kappa shape index (κ1) is 21.8. The van der Waals surface area contributed by atoms with Crippen molar-refractivity contribution in [1.29, 1.82) is 0 Å². The van der Waals surface area contributed by atoms with Gasteiger partial charge in [0.25, 0.3) is 0 Å². The van der Waals surface area contributed by atoms with Crippen molar-refractivity contribution in [2.45, 2.75) is 63.5 Å². The lowest BCUT2D eigenvalue weighted by Crippen LogP contribution is -2.40. The molecule has 2 aromatic rings. The summed E-state index contributed by atoms with van der Waals surface area (Å²) in [6.07, 6.45) is 6.02. The van der Waals surface area contributed by atoms with Gasteiger partial charge in [0.15, 0.2) is 0 Å².